The molecule has 0 heterocycles. The van der Waals surface area contributed by atoms with Gasteiger partial charge >= 0.3 is 0 Å². The zero-order valence-electron chi connectivity index (χ0n) is 6.25. The minimum atomic E-state index is -0.0394. The third-order valence-electron chi connectivity index (χ3n) is 1.67. The summed E-state index contributed by atoms with van der Waals surface area (Å²) in [6.07, 6.45) is 4.68. The molecule has 1 rings (SSSR count). The van der Waals surface area contributed by atoms with Crippen molar-refractivity contribution in [3.8, 4) is 0 Å². The predicted octanol–water partition coefficient (Wildman–Crippen LogP) is 1.64. The van der Waals surface area contributed by atoms with Crippen molar-refractivity contribution in [2.45, 2.75) is 18.9 Å². The van der Waals surface area contributed by atoms with Gasteiger partial charge in [-0.3, -0.25) is 4.79 Å². The van der Waals surface area contributed by atoms with Crippen LogP contribution in [-0.4, -0.2) is 11.9 Å². The lowest BCUT2D eigenvalue weighted by Gasteiger charge is -1.99. The Morgan fingerprint density at radius 2 is 2.64 bits per heavy atom. The van der Waals surface area contributed by atoms with Crippen LogP contribution in [0.1, 0.15) is 12.8 Å². The highest BCUT2D eigenvalue weighted by Crippen LogP contribution is 2.21. The first-order valence-electron chi connectivity index (χ1n) is 3.48. The number of hydrogen-bond acceptors (Lipinski definition) is 2. The molecule has 2 nitrogen and oxygen atoms in total. The molecule has 60 valence electrons. The number of hydrogen-bond donors (Lipinski definition) is 0. The topological polar surface area (TPSA) is 26.3 Å². The lowest BCUT2D eigenvalue weighted by Crippen LogP contribution is -2.02. The Morgan fingerprint density at radius 3 is 3.09 bits per heavy atom. The molecule has 0 amide bonds. The van der Waals surface area contributed by atoms with Gasteiger partial charge in [-0.2, -0.15) is 0 Å². The van der Waals surface area contributed by atoms with Crippen LogP contribution in [0.15, 0.2) is 24.3 Å². The average molecular weight is 170 g/mol. The molecule has 2 unspecified atom stereocenters. The first-order chi connectivity index (χ1) is 5.27. The lowest BCUT2D eigenvalue weighted by atomic mass is 10.1. The number of allylic oxidation sites excluding steroid dienone is 2. The van der Waals surface area contributed by atoms with E-state index in [9.17, 15) is 4.79 Å². The second kappa shape index (κ2) is 3.80. The number of carbonyl (C=O) groups is 1. The maximum Gasteiger partial charge on any atom is 0.161 e. The molecule has 3 heteroatoms. The fourth-order valence-corrected chi connectivity index (χ4v) is 1.29. The summed E-state index contributed by atoms with van der Waals surface area (Å²) in [5, 5.41) is 0. The third-order valence-corrected chi connectivity index (χ3v) is 2.02. The number of rotatable bonds is 3. The zero-order valence-corrected chi connectivity index (χ0v) is 7.40. The first kappa shape index (κ1) is 8.63. The van der Waals surface area contributed by atoms with Crippen LogP contribution in [0.25, 0.3) is 0 Å². The average Bonchev–Trinajstić information content (AvgIpc) is 2.33. The molecule has 11 heavy (non-hydrogen) atoms. The summed E-state index contributed by atoms with van der Waals surface area (Å²) in [6, 6.07) is 0. The van der Waals surface area contributed by atoms with E-state index in [0.29, 0.717) is 12.8 Å². The predicted molar refractivity (Wildman–Crippen MR) is 47.1 cm³/mol. The first-order valence-corrected chi connectivity index (χ1v) is 3.95. The highest BCUT2D eigenvalue weighted by atomic mass is 31.0. The summed E-state index contributed by atoms with van der Waals surface area (Å²) in [7, 11) is 2.17. The molecule has 0 radical (unpaired) electrons. The van der Waals surface area contributed by atoms with E-state index in [1.54, 1.807) is 6.08 Å². The highest BCUT2D eigenvalue weighted by Gasteiger charge is 2.22. The van der Waals surface area contributed by atoms with E-state index in [1.807, 2.05) is 6.08 Å². The maximum atomic E-state index is 11.1. The fourth-order valence-electron chi connectivity index (χ4n) is 1.11. The van der Waals surface area contributed by atoms with E-state index in [2.05, 4.69) is 16.0 Å². The Morgan fingerprint density at radius 1 is 1.91 bits per heavy atom. The highest BCUT2D eigenvalue weighted by molar-refractivity contribution is 7.09. The monoisotopic (exact) mass is 170 g/mol. The summed E-state index contributed by atoms with van der Waals surface area (Å²) in [5.41, 5.74) is 0.826. The van der Waals surface area contributed by atoms with E-state index in [-0.39, 0.29) is 11.9 Å². The standard InChI is InChI=1S/C8H11O2P/c1-2-3-6-4-7(10-11)5-8(6)9/h2,4,7H,1,3,5,11H2. The Kier molecular flexibility index (Phi) is 2.98. The van der Waals surface area contributed by atoms with Gasteiger partial charge in [-0.15, -0.1) is 6.58 Å². The normalized spacial score (nSPS) is 23.5. The van der Waals surface area contributed by atoms with E-state index >= 15 is 0 Å². The molecular formula is C8H11O2P. The van der Waals surface area contributed by atoms with Crippen molar-refractivity contribution in [2.75, 3.05) is 0 Å². The molecule has 0 saturated carbocycles. The Bertz CT molecular complexity index is 208. The summed E-state index contributed by atoms with van der Waals surface area (Å²) in [6.45, 7) is 3.57. The zero-order chi connectivity index (χ0) is 8.27. The van der Waals surface area contributed by atoms with E-state index in [4.69, 9.17) is 4.52 Å². The SMILES string of the molecule is C=CCC1=CC(OP)CC1=O. The van der Waals surface area contributed by atoms with Crippen molar-refractivity contribution in [1.82, 2.24) is 0 Å². The molecule has 1 aliphatic carbocycles. The molecule has 0 saturated heterocycles. The van der Waals surface area contributed by atoms with Crippen molar-refractivity contribution in [1.29, 1.82) is 0 Å². The van der Waals surface area contributed by atoms with Gasteiger partial charge in [-0.25, -0.2) is 0 Å². The van der Waals surface area contributed by atoms with Crippen molar-refractivity contribution >= 4 is 15.2 Å². The van der Waals surface area contributed by atoms with Crippen LogP contribution in [-0.2, 0) is 9.32 Å². The van der Waals surface area contributed by atoms with Crippen LogP contribution in [0.2, 0.25) is 0 Å². The lowest BCUT2D eigenvalue weighted by molar-refractivity contribution is -0.115. The second-order valence-electron chi connectivity index (χ2n) is 2.49. The molecule has 0 aromatic heterocycles. The van der Waals surface area contributed by atoms with Gasteiger partial charge in [-0.1, -0.05) is 6.08 Å². The molecule has 1 aliphatic rings. The van der Waals surface area contributed by atoms with Crippen molar-refractivity contribution in [3.05, 3.63) is 24.3 Å². The molecular weight excluding hydrogens is 159 g/mol. The number of Topliss-reactive ketones (excluding diaryl/α,β-unsaturated/α-hetero) is 1. The van der Waals surface area contributed by atoms with Gasteiger partial charge in [0, 0.05) is 15.9 Å². The molecule has 0 aromatic rings. The van der Waals surface area contributed by atoms with Crippen LogP contribution in [0, 0.1) is 0 Å². The van der Waals surface area contributed by atoms with Gasteiger partial charge in [0.1, 0.15) is 0 Å². The minimum absolute atomic E-state index is 0.0394. The van der Waals surface area contributed by atoms with Gasteiger partial charge < -0.3 is 4.52 Å². The van der Waals surface area contributed by atoms with Gasteiger partial charge in [0.05, 0.1) is 6.10 Å². The van der Waals surface area contributed by atoms with Gasteiger partial charge in [0.25, 0.3) is 0 Å². The van der Waals surface area contributed by atoms with Crippen LogP contribution < -0.4 is 0 Å². The van der Waals surface area contributed by atoms with Gasteiger partial charge in [0.2, 0.25) is 0 Å². The van der Waals surface area contributed by atoms with Crippen LogP contribution in [0.3, 0.4) is 0 Å². The maximum absolute atomic E-state index is 11.1. The van der Waals surface area contributed by atoms with E-state index in [1.165, 1.54) is 0 Å². The number of ketones is 1. The van der Waals surface area contributed by atoms with E-state index < -0.39 is 0 Å². The molecule has 0 aromatic carbocycles. The van der Waals surface area contributed by atoms with Crippen molar-refractivity contribution in [2.24, 2.45) is 0 Å². The van der Waals surface area contributed by atoms with Gasteiger partial charge in [-0.05, 0) is 18.1 Å². The third kappa shape index (κ3) is 1.98. The Balaban J connectivity index is 2.62. The van der Waals surface area contributed by atoms with Gasteiger partial charge in [0.15, 0.2) is 5.78 Å². The van der Waals surface area contributed by atoms with Crippen LogP contribution in [0.5, 0.6) is 0 Å². The van der Waals surface area contributed by atoms with Crippen LogP contribution in [0.4, 0.5) is 0 Å². The minimum Gasteiger partial charge on any atom is -0.358 e. The Hall–Kier alpha value is -0.460. The van der Waals surface area contributed by atoms with E-state index in [0.717, 1.165) is 5.57 Å². The summed E-state index contributed by atoms with van der Waals surface area (Å²) < 4.78 is 4.94. The smallest absolute Gasteiger partial charge is 0.161 e. The summed E-state index contributed by atoms with van der Waals surface area (Å²) in [5.74, 6) is 0.178. The van der Waals surface area contributed by atoms with Crippen LogP contribution >= 0.6 is 9.47 Å². The molecule has 0 bridgehead atoms. The second-order valence-corrected chi connectivity index (χ2v) is 2.76. The molecule has 0 fully saturated rings. The molecule has 2 atom stereocenters. The van der Waals surface area contributed by atoms with Crippen molar-refractivity contribution in [3.63, 3.8) is 0 Å². The number of carbonyl (C=O) groups excluding carboxylic acids is 1. The molecule has 0 N–H and O–H groups in total. The summed E-state index contributed by atoms with van der Waals surface area (Å²) >= 11 is 0. The largest absolute Gasteiger partial charge is 0.358 e. The Labute approximate surface area is 68.6 Å². The summed E-state index contributed by atoms with van der Waals surface area (Å²) in [4.78, 5) is 11.1. The quantitative estimate of drug-likeness (QED) is 0.475. The molecule has 0 aliphatic heterocycles. The fraction of sp³-hybridized carbons (Fsp3) is 0.375. The van der Waals surface area contributed by atoms with Crippen molar-refractivity contribution < 1.29 is 9.32 Å². The molecule has 0 spiro atoms.